The highest BCUT2D eigenvalue weighted by molar-refractivity contribution is 5.41. The van der Waals surface area contributed by atoms with E-state index < -0.39 is 0 Å². The van der Waals surface area contributed by atoms with E-state index in [-0.39, 0.29) is 23.9 Å². The molecular formula is C25H34FN3O3. The van der Waals surface area contributed by atoms with Gasteiger partial charge in [0.2, 0.25) is 5.88 Å². The van der Waals surface area contributed by atoms with Gasteiger partial charge >= 0.3 is 0 Å². The number of likely N-dealkylation sites (tertiary alicyclic amines) is 1. The second kappa shape index (κ2) is 11.1. The maximum atomic E-state index is 14.8. The van der Waals surface area contributed by atoms with Gasteiger partial charge in [0.25, 0.3) is 0 Å². The van der Waals surface area contributed by atoms with E-state index in [2.05, 4.69) is 15.2 Å². The maximum absolute atomic E-state index is 14.8. The summed E-state index contributed by atoms with van der Waals surface area (Å²) in [6.07, 6.45) is 8.16. The quantitative estimate of drug-likeness (QED) is 0.650. The smallest absolute Gasteiger partial charge is 0.225 e. The highest BCUT2D eigenvalue weighted by Crippen LogP contribution is 2.32. The zero-order valence-corrected chi connectivity index (χ0v) is 19.1. The van der Waals surface area contributed by atoms with Gasteiger partial charge in [0.05, 0.1) is 5.56 Å². The summed E-state index contributed by atoms with van der Waals surface area (Å²) in [5.41, 5.74) is 1.73. The van der Waals surface area contributed by atoms with E-state index in [0.717, 1.165) is 68.7 Å². The van der Waals surface area contributed by atoms with Crippen molar-refractivity contribution < 1.29 is 18.6 Å². The molecule has 0 aliphatic carbocycles. The largest absolute Gasteiger partial charge is 0.490 e. The van der Waals surface area contributed by atoms with E-state index in [0.29, 0.717) is 5.88 Å². The molecule has 32 heavy (non-hydrogen) atoms. The fraction of sp³-hybridized carbons (Fsp3) is 0.560. The molecule has 0 radical (unpaired) electrons. The van der Waals surface area contributed by atoms with Crippen molar-refractivity contribution in [2.45, 2.75) is 57.8 Å². The van der Waals surface area contributed by atoms with Crippen LogP contribution in [-0.2, 0) is 11.2 Å². The highest BCUT2D eigenvalue weighted by atomic mass is 19.1. The molecule has 7 heteroatoms. The molecule has 2 aliphatic heterocycles. The van der Waals surface area contributed by atoms with Gasteiger partial charge in [-0.3, -0.25) is 4.90 Å². The fourth-order valence-corrected chi connectivity index (χ4v) is 4.47. The van der Waals surface area contributed by atoms with Crippen molar-refractivity contribution in [3.8, 4) is 17.4 Å². The first-order valence-corrected chi connectivity index (χ1v) is 11.7. The first-order chi connectivity index (χ1) is 15.6. The molecule has 1 aromatic carbocycles. The molecule has 2 aromatic rings. The number of ether oxygens (including phenoxy) is 3. The van der Waals surface area contributed by atoms with E-state index >= 15 is 0 Å². The van der Waals surface area contributed by atoms with Crippen LogP contribution in [0.3, 0.4) is 0 Å². The van der Waals surface area contributed by atoms with Gasteiger partial charge in [-0.05, 0) is 82.3 Å². The molecular weight excluding hydrogens is 409 g/mol. The summed E-state index contributed by atoms with van der Waals surface area (Å²) in [5, 5.41) is 3.33. The predicted octanol–water partition coefficient (Wildman–Crippen LogP) is 4.45. The number of hydrogen-bond acceptors (Lipinski definition) is 6. The molecule has 174 valence electrons. The van der Waals surface area contributed by atoms with Crippen LogP contribution < -0.4 is 14.8 Å². The van der Waals surface area contributed by atoms with Crippen LogP contribution in [0.15, 0.2) is 30.5 Å². The van der Waals surface area contributed by atoms with Crippen LogP contribution in [-0.4, -0.2) is 55.5 Å². The lowest BCUT2D eigenvalue weighted by atomic mass is 10.1. The van der Waals surface area contributed by atoms with E-state index in [1.807, 2.05) is 19.1 Å². The van der Waals surface area contributed by atoms with Crippen molar-refractivity contribution in [2.24, 2.45) is 0 Å². The van der Waals surface area contributed by atoms with E-state index in [9.17, 15) is 4.39 Å². The minimum Gasteiger partial charge on any atom is -0.490 e. The number of nitrogens with zero attached hydrogens (tertiary/aromatic N) is 2. The average Bonchev–Trinajstić information content (AvgIpc) is 2.82. The first kappa shape index (κ1) is 23.0. The zero-order chi connectivity index (χ0) is 22.3. The SMILES string of the molecule is CO[C@H]1CCCCN1CCc1ccc(Oc2nccc(OC3CCNCC3)c2C)c(F)c1. The summed E-state index contributed by atoms with van der Waals surface area (Å²) in [6.45, 7) is 5.70. The van der Waals surface area contributed by atoms with Crippen molar-refractivity contribution in [1.29, 1.82) is 0 Å². The Morgan fingerprint density at radius 1 is 1.12 bits per heavy atom. The highest BCUT2D eigenvalue weighted by Gasteiger charge is 2.22. The molecule has 3 heterocycles. The summed E-state index contributed by atoms with van der Waals surface area (Å²) >= 11 is 0. The van der Waals surface area contributed by atoms with E-state index in [1.165, 1.54) is 12.8 Å². The standard InChI is InChI=1S/C25H34FN3O3/c1-18-22(31-20-8-12-27-13-9-20)10-14-28-25(18)32-23-7-6-19(17-21(23)26)11-16-29-15-4-3-5-24(29)30-2/h6-7,10,14,17,20,24,27H,3-5,8-9,11-13,15-16H2,1-2H3/t24-/m0/s1. The van der Waals surface area contributed by atoms with Crippen LogP contribution in [0.5, 0.6) is 17.4 Å². The van der Waals surface area contributed by atoms with Gasteiger partial charge in [-0.15, -0.1) is 0 Å². The molecule has 0 saturated carbocycles. The van der Waals surface area contributed by atoms with E-state index in [4.69, 9.17) is 14.2 Å². The minimum atomic E-state index is -0.379. The third-order valence-electron chi connectivity index (χ3n) is 6.40. The summed E-state index contributed by atoms with van der Waals surface area (Å²) in [7, 11) is 1.76. The Labute approximate surface area is 190 Å². The summed E-state index contributed by atoms with van der Waals surface area (Å²) in [4.78, 5) is 6.64. The van der Waals surface area contributed by atoms with E-state index in [1.54, 1.807) is 25.4 Å². The summed E-state index contributed by atoms with van der Waals surface area (Å²) in [5.74, 6) is 0.916. The lowest BCUT2D eigenvalue weighted by Crippen LogP contribution is -2.41. The van der Waals surface area contributed by atoms with Crippen LogP contribution in [0.2, 0.25) is 0 Å². The number of methoxy groups -OCH3 is 1. The number of piperidine rings is 2. The lowest BCUT2D eigenvalue weighted by Gasteiger charge is -2.34. The van der Waals surface area contributed by atoms with Crippen LogP contribution in [0.25, 0.3) is 0 Å². The van der Waals surface area contributed by atoms with Crippen LogP contribution >= 0.6 is 0 Å². The third kappa shape index (κ3) is 5.77. The Hall–Kier alpha value is -2.22. The second-order valence-corrected chi connectivity index (χ2v) is 8.65. The molecule has 4 rings (SSSR count). The molecule has 2 saturated heterocycles. The normalized spacial score (nSPS) is 20.3. The van der Waals surface area contributed by atoms with Gasteiger partial charge in [-0.1, -0.05) is 6.07 Å². The molecule has 2 aliphatic rings. The van der Waals surface area contributed by atoms with Gasteiger partial charge in [0.1, 0.15) is 18.1 Å². The third-order valence-corrected chi connectivity index (χ3v) is 6.40. The lowest BCUT2D eigenvalue weighted by molar-refractivity contribution is -0.0545. The van der Waals surface area contributed by atoms with Gasteiger partial charge in [-0.25, -0.2) is 9.37 Å². The number of nitrogens with one attached hydrogen (secondary N) is 1. The second-order valence-electron chi connectivity index (χ2n) is 8.65. The van der Waals surface area contributed by atoms with Crippen molar-refractivity contribution in [1.82, 2.24) is 15.2 Å². The number of aromatic nitrogens is 1. The minimum absolute atomic E-state index is 0.171. The molecule has 1 aromatic heterocycles. The van der Waals surface area contributed by atoms with Gasteiger partial charge in [-0.2, -0.15) is 0 Å². The van der Waals surface area contributed by atoms with Gasteiger partial charge in [0, 0.05) is 26.4 Å². The molecule has 6 nitrogen and oxygen atoms in total. The Morgan fingerprint density at radius 3 is 2.75 bits per heavy atom. The Morgan fingerprint density at radius 2 is 1.97 bits per heavy atom. The van der Waals surface area contributed by atoms with Crippen molar-refractivity contribution in [3.63, 3.8) is 0 Å². The predicted molar refractivity (Wildman–Crippen MR) is 122 cm³/mol. The Kier molecular flexibility index (Phi) is 7.95. The molecule has 1 atom stereocenters. The molecule has 0 spiro atoms. The molecule has 2 fully saturated rings. The van der Waals surface area contributed by atoms with Crippen LogP contribution in [0.1, 0.15) is 43.2 Å². The van der Waals surface area contributed by atoms with Crippen LogP contribution in [0, 0.1) is 12.7 Å². The van der Waals surface area contributed by atoms with Crippen molar-refractivity contribution >= 4 is 0 Å². The first-order valence-electron chi connectivity index (χ1n) is 11.7. The summed E-state index contributed by atoms with van der Waals surface area (Å²) < 4.78 is 32.4. The average molecular weight is 444 g/mol. The molecule has 0 unspecified atom stereocenters. The molecule has 0 bridgehead atoms. The number of pyridine rings is 1. The maximum Gasteiger partial charge on any atom is 0.225 e. The molecule has 1 N–H and O–H groups in total. The monoisotopic (exact) mass is 443 g/mol. The van der Waals surface area contributed by atoms with Crippen molar-refractivity contribution in [3.05, 3.63) is 47.4 Å². The fourth-order valence-electron chi connectivity index (χ4n) is 4.47. The topological polar surface area (TPSA) is 55.9 Å². The number of hydrogen-bond donors (Lipinski definition) is 1. The van der Waals surface area contributed by atoms with Gasteiger partial charge < -0.3 is 19.5 Å². The Bertz CT molecular complexity index is 889. The number of halogens is 1. The summed E-state index contributed by atoms with van der Waals surface area (Å²) in [6, 6.07) is 7.02. The van der Waals surface area contributed by atoms with Crippen molar-refractivity contribution in [2.75, 3.05) is 33.3 Å². The molecule has 0 amide bonds. The number of rotatable bonds is 8. The van der Waals surface area contributed by atoms with Gasteiger partial charge in [0.15, 0.2) is 11.6 Å². The van der Waals surface area contributed by atoms with Crippen LogP contribution in [0.4, 0.5) is 4.39 Å². The number of benzene rings is 1. The Balaban J connectivity index is 1.38. The zero-order valence-electron chi connectivity index (χ0n) is 19.1.